The Kier molecular flexibility index (Phi) is 3.87. The smallest absolute Gasteiger partial charge is 0.184 e. The number of thiocarbonyl (C=S) groups is 1. The van der Waals surface area contributed by atoms with Gasteiger partial charge in [0.15, 0.2) is 5.11 Å². The predicted molar refractivity (Wildman–Crippen MR) is 60.5 cm³/mol. The number of hydrogen-bond donors (Lipinski definition) is 2. The van der Waals surface area contributed by atoms with E-state index in [2.05, 4.69) is 22.7 Å². The van der Waals surface area contributed by atoms with Gasteiger partial charge < -0.3 is 10.5 Å². The third-order valence-electron chi connectivity index (χ3n) is 1.52. The number of rotatable bonds is 3. The monoisotopic (exact) mass is 209 g/mol. The Bertz CT molecular complexity index is 352. The molecule has 14 heavy (non-hydrogen) atoms. The van der Waals surface area contributed by atoms with E-state index in [0.717, 1.165) is 11.3 Å². The predicted octanol–water partition coefficient (Wildman–Crippen LogP) is 0.862. The molecule has 0 atom stereocenters. The largest absolute Gasteiger partial charge is 0.496 e. The summed E-state index contributed by atoms with van der Waals surface area (Å²) >= 11 is 4.59. The summed E-state index contributed by atoms with van der Waals surface area (Å²) < 4.78 is 5.12. The first-order valence-electron chi connectivity index (χ1n) is 3.95. The third-order valence-corrected chi connectivity index (χ3v) is 1.61. The van der Waals surface area contributed by atoms with Gasteiger partial charge in [-0.2, -0.15) is 5.10 Å². The highest BCUT2D eigenvalue weighted by Crippen LogP contribution is 2.14. The van der Waals surface area contributed by atoms with E-state index in [4.69, 9.17) is 10.5 Å². The van der Waals surface area contributed by atoms with Crippen molar-refractivity contribution in [2.75, 3.05) is 7.11 Å². The van der Waals surface area contributed by atoms with Crippen LogP contribution < -0.4 is 15.9 Å². The summed E-state index contributed by atoms with van der Waals surface area (Å²) in [5.41, 5.74) is 8.53. The van der Waals surface area contributed by atoms with Gasteiger partial charge >= 0.3 is 0 Å². The van der Waals surface area contributed by atoms with E-state index < -0.39 is 0 Å². The van der Waals surface area contributed by atoms with Gasteiger partial charge in [0.05, 0.1) is 13.3 Å². The maximum Gasteiger partial charge on any atom is 0.184 e. The normalized spacial score (nSPS) is 10.1. The Morgan fingerprint density at radius 3 is 2.93 bits per heavy atom. The molecule has 0 aromatic heterocycles. The van der Waals surface area contributed by atoms with Gasteiger partial charge in [0.2, 0.25) is 0 Å². The van der Waals surface area contributed by atoms with Crippen molar-refractivity contribution in [2.45, 2.75) is 0 Å². The standard InChI is InChI=1S/C9H11N3OS/c1-13-8-5-3-2-4-7(8)6-11-12-9(10)14/h2-6H,1H3,(H3,10,12,14)/b11-6+. The van der Waals surface area contributed by atoms with Crippen molar-refractivity contribution in [1.29, 1.82) is 0 Å². The van der Waals surface area contributed by atoms with E-state index in [-0.39, 0.29) is 5.11 Å². The summed E-state index contributed by atoms with van der Waals surface area (Å²) in [6.45, 7) is 0. The van der Waals surface area contributed by atoms with Gasteiger partial charge in [0.1, 0.15) is 5.75 Å². The maximum absolute atomic E-state index is 5.20. The summed E-state index contributed by atoms with van der Waals surface area (Å²) in [4.78, 5) is 0. The van der Waals surface area contributed by atoms with E-state index in [1.54, 1.807) is 13.3 Å². The van der Waals surface area contributed by atoms with Gasteiger partial charge in [-0.1, -0.05) is 12.1 Å². The van der Waals surface area contributed by atoms with E-state index in [9.17, 15) is 0 Å². The second-order valence-corrected chi connectivity index (χ2v) is 2.92. The van der Waals surface area contributed by atoms with Crippen LogP contribution in [0.3, 0.4) is 0 Å². The molecule has 4 nitrogen and oxygen atoms in total. The molecule has 0 saturated carbocycles. The van der Waals surface area contributed by atoms with Gasteiger partial charge in [-0.05, 0) is 24.4 Å². The molecule has 74 valence electrons. The van der Waals surface area contributed by atoms with E-state index >= 15 is 0 Å². The Morgan fingerprint density at radius 1 is 1.57 bits per heavy atom. The molecular formula is C9H11N3OS. The Balaban J connectivity index is 2.75. The molecule has 0 bridgehead atoms. The van der Waals surface area contributed by atoms with Crippen molar-refractivity contribution >= 4 is 23.5 Å². The average Bonchev–Trinajstić information content (AvgIpc) is 2.18. The molecule has 0 unspecified atom stereocenters. The minimum absolute atomic E-state index is 0.135. The van der Waals surface area contributed by atoms with Gasteiger partial charge in [0.25, 0.3) is 0 Å². The van der Waals surface area contributed by atoms with Crippen LogP contribution in [0.15, 0.2) is 29.4 Å². The van der Waals surface area contributed by atoms with Crippen LogP contribution in [0, 0.1) is 0 Å². The van der Waals surface area contributed by atoms with Crippen molar-refractivity contribution in [1.82, 2.24) is 5.43 Å². The van der Waals surface area contributed by atoms with Crippen LogP contribution in [0.1, 0.15) is 5.56 Å². The molecule has 0 heterocycles. The number of hydrazone groups is 1. The molecule has 1 aromatic rings. The quantitative estimate of drug-likeness (QED) is 0.440. The van der Waals surface area contributed by atoms with Crippen molar-refractivity contribution in [3.63, 3.8) is 0 Å². The Morgan fingerprint density at radius 2 is 2.29 bits per heavy atom. The molecule has 0 aliphatic carbocycles. The lowest BCUT2D eigenvalue weighted by atomic mass is 10.2. The number of methoxy groups -OCH3 is 1. The zero-order valence-corrected chi connectivity index (χ0v) is 8.54. The number of nitrogens with one attached hydrogen (secondary N) is 1. The van der Waals surface area contributed by atoms with Crippen LogP contribution in [0.5, 0.6) is 5.75 Å². The minimum Gasteiger partial charge on any atom is -0.496 e. The van der Waals surface area contributed by atoms with Gasteiger partial charge in [-0.15, -0.1) is 0 Å². The Hall–Kier alpha value is -1.62. The van der Waals surface area contributed by atoms with Crippen LogP contribution >= 0.6 is 12.2 Å². The SMILES string of the molecule is COc1ccccc1/C=N/NC(N)=S. The molecule has 1 aromatic carbocycles. The van der Waals surface area contributed by atoms with Crippen LogP contribution in [-0.2, 0) is 0 Å². The van der Waals surface area contributed by atoms with Crippen LogP contribution in [-0.4, -0.2) is 18.4 Å². The zero-order valence-electron chi connectivity index (χ0n) is 7.73. The lowest BCUT2D eigenvalue weighted by Gasteiger charge is -2.02. The number of benzene rings is 1. The third kappa shape index (κ3) is 3.02. The number of hydrogen-bond acceptors (Lipinski definition) is 3. The van der Waals surface area contributed by atoms with Crippen molar-refractivity contribution in [2.24, 2.45) is 10.8 Å². The molecule has 0 amide bonds. The molecule has 1 rings (SSSR count). The summed E-state index contributed by atoms with van der Waals surface area (Å²) in [7, 11) is 1.60. The summed E-state index contributed by atoms with van der Waals surface area (Å²) in [6, 6.07) is 7.51. The fourth-order valence-electron chi connectivity index (χ4n) is 0.939. The number of nitrogens with two attached hydrogens (primary N) is 1. The summed E-state index contributed by atoms with van der Waals surface area (Å²) in [5.74, 6) is 0.751. The van der Waals surface area contributed by atoms with E-state index in [1.807, 2.05) is 24.3 Å². The van der Waals surface area contributed by atoms with Crippen LogP contribution in [0.25, 0.3) is 0 Å². The topological polar surface area (TPSA) is 59.6 Å². The molecule has 0 saturated heterocycles. The molecule has 0 aliphatic rings. The van der Waals surface area contributed by atoms with Gasteiger partial charge in [0, 0.05) is 5.56 Å². The molecule has 3 N–H and O–H groups in total. The van der Waals surface area contributed by atoms with Crippen molar-refractivity contribution < 1.29 is 4.74 Å². The average molecular weight is 209 g/mol. The maximum atomic E-state index is 5.20. The molecule has 0 aliphatic heterocycles. The fourth-order valence-corrected chi connectivity index (χ4v) is 0.991. The van der Waals surface area contributed by atoms with E-state index in [0.29, 0.717) is 0 Å². The lowest BCUT2D eigenvalue weighted by molar-refractivity contribution is 0.414. The van der Waals surface area contributed by atoms with E-state index in [1.165, 1.54) is 0 Å². The number of para-hydroxylation sites is 1. The fraction of sp³-hybridized carbons (Fsp3) is 0.111. The first-order valence-corrected chi connectivity index (χ1v) is 4.36. The first kappa shape index (κ1) is 10.5. The summed E-state index contributed by atoms with van der Waals surface area (Å²) in [6.07, 6.45) is 1.60. The number of ether oxygens (including phenoxy) is 1. The van der Waals surface area contributed by atoms with Crippen LogP contribution in [0.4, 0.5) is 0 Å². The second kappa shape index (κ2) is 5.18. The van der Waals surface area contributed by atoms with Crippen molar-refractivity contribution in [3.8, 4) is 5.75 Å². The number of nitrogens with zero attached hydrogens (tertiary/aromatic N) is 1. The first-order chi connectivity index (χ1) is 6.74. The highest BCUT2D eigenvalue weighted by Gasteiger charge is 1.96. The lowest BCUT2D eigenvalue weighted by Crippen LogP contribution is -2.24. The highest BCUT2D eigenvalue weighted by atomic mass is 32.1. The molecule has 0 fully saturated rings. The molecule has 0 spiro atoms. The van der Waals surface area contributed by atoms with Crippen LogP contribution in [0.2, 0.25) is 0 Å². The zero-order chi connectivity index (χ0) is 10.4. The highest BCUT2D eigenvalue weighted by molar-refractivity contribution is 7.80. The molecule has 0 radical (unpaired) electrons. The summed E-state index contributed by atoms with van der Waals surface area (Å²) in [5, 5.41) is 3.96. The van der Waals surface area contributed by atoms with Gasteiger partial charge in [-0.3, -0.25) is 5.43 Å². The van der Waals surface area contributed by atoms with Crippen molar-refractivity contribution in [3.05, 3.63) is 29.8 Å². The molecule has 5 heteroatoms. The minimum atomic E-state index is 0.135. The second-order valence-electron chi connectivity index (χ2n) is 2.48. The Labute approximate surface area is 87.8 Å². The van der Waals surface area contributed by atoms with Gasteiger partial charge in [-0.25, -0.2) is 0 Å². The molecular weight excluding hydrogens is 198 g/mol.